The number of anilines is 1. The van der Waals surface area contributed by atoms with E-state index < -0.39 is 0 Å². The van der Waals surface area contributed by atoms with Gasteiger partial charge >= 0.3 is 0 Å². The molecule has 0 atom stereocenters. The van der Waals surface area contributed by atoms with Gasteiger partial charge in [0.25, 0.3) is 0 Å². The van der Waals surface area contributed by atoms with Crippen LogP contribution in [0.1, 0.15) is 12.2 Å². The third kappa shape index (κ3) is 4.09. The van der Waals surface area contributed by atoms with Crippen molar-refractivity contribution in [2.45, 2.75) is 12.8 Å². The van der Waals surface area contributed by atoms with Crippen molar-refractivity contribution in [1.82, 2.24) is 0 Å². The summed E-state index contributed by atoms with van der Waals surface area (Å²) < 4.78 is 16.8. The molecule has 2 aromatic carbocycles. The smallest absolute Gasteiger partial charge is 0.224 e. The number of rotatable bonds is 5. The zero-order valence-electron chi connectivity index (χ0n) is 14.5. The lowest BCUT2D eigenvalue weighted by Crippen LogP contribution is -2.17. The zero-order chi connectivity index (χ0) is 18.6. The van der Waals surface area contributed by atoms with Crippen molar-refractivity contribution in [3.05, 3.63) is 65.4 Å². The Hall–Kier alpha value is -2.92. The highest BCUT2D eigenvalue weighted by Crippen LogP contribution is 2.38. The fraction of sp³-hybridized carbons (Fsp3) is 0.190. The molecule has 2 heterocycles. The normalized spacial score (nSPS) is 12.6. The number of carbonyl (C=O) groups is 1. The standard InChI is InChI=1S/C21H18ClNO4/c22-16-12-19-20(26-11-10-25-19)13-17(16)23-21(24)9-7-15-6-8-18(27-15)14-4-2-1-3-5-14/h1-6,8,12-13H,7,9-11H2,(H,23,24). The molecule has 0 aliphatic carbocycles. The second kappa shape index (κ2) is 7.76. The van der Waals surface area contributed by atoms with Crippen LogP contribution in [-0.4, -0.2) is 19.1 Å². The molecule has 3 aromatic rings. The number of hydrogen-bond donors (Lipinski definition) is 1. The molecule has 138 valence electrons. The maximum absolute atomic E-state index is 12.3. The van der Waals surface area contributed by atoms with Gasteiger partial charge in [0.1, 0.15) is 24.7 Å². The minimum Gasteiger partial charge on any atom is -0.486 e. The van der Waals surface area contributed by atoms with Crippen molar-refractivity contribution in [1.29, 1.82) is 0 Å². The molecule has 0 saturated carbocycles. The van der Waals surface area contributed by atoms with Crippen LogP contribution < -0.4 is 14.8 Å². The number of benzene rings is 2. The quantitative estimate of drug-likeness (QED) is 0.677. The van der Waals surface area contributed by atoms with Gasteiger partial charge in [-0.2, -0.15) is 0 Å². The van der Waals surface area contributed by atoms with E-state index in [0.29, 0.717) is 41.8 Å². The van der Waals surface area contributed by atoms with Gasteiger partial charge in [0.15, 0.2) is 11.5 Å². The number of fused-ring (bicyclic) bond motifs is 1. The summed E-state index contributed by atoms with van der Waals surface area (Å²) in [6.45, 7) is 0.966. The lowest BCUT2D eigenvalue weighted by Gasteiger charge is -2.20. The second-order valence-electron chi connectivity index (χ2n) is 6.16. The number of ether oxygens (including phenoxy) is 2. The Kier molecular flexibility index (Phi) is 5.03. The minimum atomic E-state index is -0.147. The van der Waals surface area contributed by atoms with E-state index in [1.165, 1.54) is 0 Å². The van der Waals surface area contributed by atoms with Crippen molar-refractivity contribution in [2.75, 3.05) is 18.5 Å². The van der Waals surface area contributed by atoms with Gasteiger partial charge in [-0.05, 0) is 12.1 Å². The molecule has 1 aromatic heterocycles. The average molecular weight is 384 g/mol. The topological polar surface area (TPSA) is 60.7 Å². The van der Waals surface area contributed by atoms with E-state index in [9.17, 15) is 4.79 Å². The molecular weight excluding hydrogens is 366 g/mol. The second-order valence-corrected chi connectivity index (χ2v) is 6.56. The Labute approximate surface area is 161 Å². The summed E-state index contributed by atoms with van der Waals surface area (Å²) in [5, 5.41) is 3.23. The van der Waals surface area contributed by atoms with Crippen molar-refractivity contribution in [2.24, 2.45) is 0 Å². The monoisotopic (exact) mass is 383 g/mol. The number of aryl methyl sites for hydroxylation is 1. The van der Waals surface area contributed by atoms with E-state index in [1.54, 1.807) is 12.1 Å². The molecule has 1 amide bonds. The summed E-state index contributed by atoms with van der Waals surface area (Å²) in [6.07, 6.45) is 0.785. The van der Waals surface area contributed by atoms with Gasteiger partial charge in [-0.1, -0.05) is 41.9 Å². The first-order chi connectivity index (χ1) is 13.2. The third-order valence-electron chi connectivity index (χ3n) is 4.22. The summed E-state index contributed by atoms with van der Waals surface area (Å²) in [6, 6.07) is 17.0. The fourth-order valence-electron chi connectivity index (χ4n) is 2.88. The number of halogens is 1. The van der Waals surface area contributed by atoms with E-state index in [4.69, 9.17) is 25.5 Å². The van der Waals surface area contributed by atoms with Crippen LogP contribution in [0.15, 0.2) is 59.0 Å². The first-order valence-corrected chi connectivity index (χ1v) is 9.10. The lowest BCUT2D eigenvalue weighted by molar-refractivity contribution is -0.116. The van der Waals surface area contributed by atoms with Gasteiger partial charge in [0, 0.05) is 30.5 Å². The largest absolute Gasteiger partial charge is 0.486 e. The molecule has 6 heteroatoms. The summed E-state index contributed by atoms with van der Waals surface area (Å²) >= 11 is 6.22. The summed E-state index contributed by atoms with van der Waals surface area (Å²) in [5.74, 6) is 2.58. The van der Waals surface area contributed by atoms with Gasteiger partial charge in [-0.3, -0.25) is 4.79 Å². The van der Waals surface area contributed by atoms with E-state index in [2.05, 4.69) is 5.32 Å². The molecule has 5 nitrogen and oxygen atoms in total. The first kappa shape index (κ1) is 17.5. The number of hydrogen-bond acceptors (Lipinski definition) is 4. The van der Waals surface area contributed by atoms with Crippen molar-refractivity contribution in [3.8, 4) is 22.8 Å². The predicted octanol–water partition coefficient (Wildman–Crippen LogP) is 4.94. The van der Waals surface area contributed by atoms with E-state index >= 15 is 0 Å². The van der Waals surface area contributed by atoms with Gasteiger partial charge in [-0.15, -0.1) is 0 Å². The van der Waals surface area contributed by atoms with Crippen molar-refractivity contribution in [3.63, 3.8) is 0 Å². The van der Waals surface area contributed by atoms with Crippen LogP contribution >= 0.6 is 11.6 Å². The molecule has 0 spiro atoms. The van der Waals surface area contributed by atoms with Gasteiger partial charge in [-0.25, -0.2) is 0 Å². The molecule has 0 radical (unpaired) electrons. The molecule has 1 N–H and O–H groups in total. The highest BCUT2D eigenvalue weighted by molar-refractivity contribution is 6.34. The van der Waals surface area contributed by atoms with Gasteiger partial charge < -0.3 is 19.2 Å². The van der Waals surface area contributed by atoms with E-state index in [-0.39, 0.29) is 12.3 Å². The SMILES string of the molecule is O=C(CCc1ccc(-c2ccccc2)o1)Nc1cc2c(cc1Cl)OCCO2. The summed E-state index contributed by atoms with van der Waals surface area (Å²) in [4.78, 5) is 12.3. The molecule has 0 bridgehead atoms. The van der Waals surface area contributed by atoms with Crippen LogP contribution in [-0.2, 0) is 11.2 Å². The maximum atomic E-state index is 12.3. The third-order valence-corrected chi connectivity index (χ3v) is 4.54. The average Bonchev–Trinajstić information content (AvgIpc) is 3.17. The van der Waals surface area contributed by atoms with Gasteiger partial charge in [0.05, 0.1) is 10.7 Å². The molecule has 1 aliphatic rings. The molecule has 0 saturated heterocycles. The van der Waals surface area contributed by atoms with Crippen molar-refractivity contribution >= 4 is 23.2 Å². The maximum Gasteiger partial charge on any atom is 0.224 e. The molecule has 27 heavy (non-hydrogen) atoms. The van der Waals surface area contributed by atoms with Crippen LogP contribution in [0.2, 0.25) is 5.02 Å². The molecular formula is C21H18ClNO4. The van der Waals surface area contributed by atoms with E-state index in [0.717, 1.165) is 17.1 Å². The van der Waals surface area contributed by atoms with Crippen LogP contribution in [0.5, 0.6) is 11.5 Å². The molecule has 0 unspecified atom stereocenters. The van der Waals surface area contributed by atoms with Crippen LogP contribution in [0, 0.1) is 0 Å². The minimum absolute atomic E-state index is 0.147. The fourth-order valence-corrected chi connectivity index (χ4v) is 3.08. The number of furan rings is 1. The lowest BCUT2D eigenvalue weighted by atomic mass is 10.2. The Morgan fingerprint density at radius 2 is 1.74 bits per heavy atom. The summed E-state index contributed by atoms with van der Waals surface area (Å²) in [5.41, 5.74) is 1.52. The van der Waals surface area contributed by atoms with Crippen LogP contribution in [0.25, 0.3) is 11.3 Å². The Morgan fingerprint density at radius 3 is 2.52 bits per heavy atom. The first-order valence-electron chi connectivity index (χ1n) is 8.72. The highest BCUT2D eigenvalue weighted by Gasteiger charge is 2.16. The summed E-state index contributed by atoms with van der Waals surface area (Å²) in [7, 11) is 0. The van der Waals surface area contributed by atoms with Crippen molar-refractivity contribution < 1.29 is 18.7 Å². The number of amides is 1. The highest BCUT2D eigenvalue weighted by atomic mass is 35.5. The Balaban J connectivity index is 1.37. The number of carbonyl (C=O) groups excluding carboxylic acids is 1. The molecule has 0 fully saturated rings. The van der Waals surface area contributed by atoms with E-state index in [1.807, 2.05) is 42.5 Å². The van der Waals surface area contributed by atoms with Gasteiger partial charge in [0.2, 0.25) is 5.91 Å². The number of nitrogens with one attached hydrogen (secondary N) is 1. The zero-order valence-corrected chi connectivity index (χ0v) is 15.3. The van der Waals surface area contributed by atoms with Crippen LogP contribution in [0.3, 0.4) is 0 Å². The molecule has 4 rings (SSSR count). The Bertz CT molecular complexity index is 952. The molecule has 1 aliphatic heterocycles. The van der Waals surface area contributed by atoms with Crippen LogP contribution in [0.4, 0.5) is 5.69 Å². The predicted molar refractivity (Wildman–Crippen MR) is 104 cm³/mol. The Morgan fingerprint density at radius 1 is 1.00 bits per heavy atom.